The van der Waals surface area contributed by atoms with Crippen LogP contribution in [0.1, 0.15) is 0 Å². The van der Waals surface area contributed by atoms with Gasteiger partial charge in [-0.25, -0.2) is 4.79 Å². The Labute approximate surface area is 84.0 Å². The predicted octanol–water partition coefficient (Wildman–Crippen LogP) is -0.922. The van der Waals surface area contributed by atoms with Crippen LogP contribution in [-0.4, -0.2) is 75.5 Å². The van der Waals surface area contributed by atoms with Gasteiger partial charge in [0.25, 0.3) is 0 Å². The summed E-state index contributed by atoms with van der Waals surface area (Å²) in [6.45, 7) is 0. The van der Waals surface area contributed by atoms with Gasteiger partial charge in [-0.3, -0.25) is 4.70 Å². The van der Waals surface area contributed by atoms with Crippen molar-refractivity contribution in [3.63, 3.8) is 0 Å². The first kappa shape index (κ1) is 24.1. The van der Waals surface area contributed by atoms with Crippen LogP contribution in [0.2, 0.25) is 0 Å². The standard InChI is InChI=1S/CH2O3.FH.2Na.2H/c2-1(3)4;;;;;/h(H2,2,3,4);1H;;;;. The molecule has 2 N–H and O–H groups in total. The first-order valence-corrected chi connectivity index (χ1v) is 0.651. The molecule has 0 aliphatic rings. The Balaban J connectivity index is -0.0000000150. The molecule has 36 valence electrons. The molecule has 0 saturated heterocycles. The molecule has 0 atom stereocenters. The Kier molecular flexibility index (Phi) is 54.0. The van der Waals surface area contributed by atoms with Crippen molar-refractivity contribution in [1.29, 1.82) is 0 Å². The summed E-state index contributed by atoms with van der Waals surface area (Å²) < 4.78 is 0. The van der Waals surface area contributed by atoms with Crippen LogP contribution in [0.25, 0.3) is 0 Å². The molecule has 0 unspecified atom stereocenters. The second kappa shape index (κ2) is 15.7. The first-order chi connectivity index (χ1) is 1.73. The molecule has 0 aromatic carbocycles. The Bertz CT molecular complexity index is 35.9. The summed E-state index contributed by atoms with van der Waals surface area (Å²) in [5, 5.41) is 13.9. The minimum absolute atomic E-state index is 0. The predicted molar refractivity (Wildman–Crippen MR) is 27.5 cm³/mol. The molecule has 0 heterocycles. The molecule has 0 spiro atoms. The van der Waals surface area contributed by atoms with Gasteiger partial charge in [0.05, 0.1) is 0 Å². The zero-order valence-electron chi connectivity index (χ0n) is 2.21. The van der Waals surface area contributed by atoms with Crippen molar-refractivity contribution < 1.29 is 19.7 Å². The maximum absolute atomic E-state index is 8.56. The van der Waals surface area contributed by atoms with Crippen molar-refractivity contribution >= 4 is 65.3 Å². The zero-order chi connectivity index (χ0) is 3.58. The van der Waals surface area contributed by atoms with E-state index in [9.17, 15) is 0 Å². The van der Waals surface area contributed by atoms with Crippen molar-refractivity contribution in [3.8, 4) is 0 Å². The van der Waals surface area contributed by atoms with Crippen LogP contribution in [0, 0.1) is 0 Å². The van der Waals surface area contributed by atoms with Crippen molar-refractivity contribution in [2.75, 3.05) is 0 Å². The number of rotatable bonds is 0. The molecule has 0 radical (unpaired) electrons. The maximum atomic E-state index is 8.56. The van der Waals surface area contributed by atoms with E-state index in [0.29, 0.717) is 0 Å². The minimum atomic E-state index is -1.83. The van der Waals surface area contributed by atoms with Gasteiger partial charge in [-0.1, -0.05) is 0 Å². The van der Waals surface area contributed by atoms with E-state index in [1.807, 2.05) is 0 Å². The van der Waals surface area contributed by atoms with Crippen molar-refractivity contribution in [1.82, 2.24) is 0 Å². The van der Waals surface area contributed by atoms with Crippen LogP contribution in [-0.2, 0) is 0 Å². The van der Waals surface area contributed by atoms with E-state index in [-0.39, 0.29) is 63.8 Å². The van der Waals surface area contributed by atoms with E-state index >= 15 is 0 Å². The Hall–Kier alpha value is 1.20. The normalized spacial score (nSPS) is 3.43. The first-order valence-electron chi connectivity index (χ1n) is 0.651. The van der Waals surface area contributed by atoms with Crippen molar-refractivity contribution in [2.45, 2.75) is 0 Å². The molecule has 0 aromatic rings. The van der Waals surface area contributed by atoms with E-state index in [1.165, 1.54) is 0 Å². The SMILES string of the molecule is F.O=C(O)O.[NaH].[NaH]. The summed E-state index contributed by atoms with van der Waals surface area (Å²) in [7, 11) is 0. The number of carboxylic acid groups (broad SMARTS) is 2. The van der Waals surface area contributed by atoms with Gasteiger partial charge in [-0.05, 0) is 0 Å². The number of hydrogen-bond acceptors (Lipinski definition) is 1. The van der Waals surface area contributed by atoms with Gasteiger partial charge in [0, 0.05) is 0 Å². The van der Waals surface area contributed by atoms with Crippen LogP contribution in [0.3, 0.4) is 0 Å². The van der Waals surface area contributed by atoms with Crippen molar-refractivity contribution in [3.05, 3.63) is 0 Å². The summed E-state index contributed by atoms with van der Waals surface area (Å²) >= 11 is 0. The summed E-state index contributed by atoms with van der Waals surface area (Å²) in [6.07, 6.45) is -1.83. The molecule has 7 heavy (non-hydrogen) atoms. The van der Waals surface area contributed by atoms with E-state index in [0.717, 1.165) is 0 Å². The summed E-state index contributed by atoms with van der Waals surface area (Å²) in [4.78, 5) is 8.56. The summed E-state index contributed by atoms with van der Waals surface area (Å²) in [5.74, 6) is 0. The average Bonchev–Trinajstić information content (AvgIpc) is 0.811. The zero-order valence-corrected chi connectivity index (χ0v) is 2.21. The molecule has 0 saturated carbocycles. The third-order valence-corrected chi connectivity index (χ3v) is 0. The number of carbonyl (C=O) groups is 1. The Morgan fingerprint density at radius 1 is 1.14 bits per heavy atom. The molecule has 0 bridgehead atoms. The number of hydrogen-bond donors (Lipinski definition) is 2. The van der Waals surface area contributed by atoms with Gasteiger partial charge >= 0.3 is 65.3 Å². The van der Waals surface area contributed by atoms with Gasteiger partial charge in [0.1, 0.15) is 0 Å². The summed E-state index contributed by atoms with van der Waals surface area (Å²) in [6, 6.07) is 0. The summed E-state index contributed by atoms with van der Waals surface area (Å²) in [5.41, 5.74) is 0. The fraction of sp³-hybridized carbons (Fsp3) is 0. The van der Waals surface area contributed by atoms with Gasteiger partial charge in [-0.15, -0.1) is 0 Å². The van der Waals surface area contributed by atoms with E-state index in [1.54, 1.807) is 0 Å². The third-order valence-electron chi connectivity index (χ3n) is 0. The monoisotopic (exact) mass is 130 g/mol. The van der Waals surface area contributed by atoms with Gasteiger partial charge in [-0.2, -0.15) is 0 Å². The van der Waals surface area contributed by atoms with Crippen LogP contribution in [0.4, 0.5) is 9.50 Å². The molecular formula is CH5FNa2O3. The van der Waals surface area contributed by atoms with Crippen LogP contribution < -0.4 is 0 Å². The molecule has 0 fully saturated rings. The van der Waals surface area contributed by atoms with E-state index in [4.69, 9.17) is 15.0 Å². The molecule has 3 nitrogen and oxygen atoms in total. The molecule has 6 heteroatoms. The van der Waals surface area contributed by atoms with Gasteiger partial charge in [0.2, 0.25) is 0 Å². The van der Waals surface area contributed by atoms with Gasteiger partial charge < -0.3 is 10.2 Å². The molecule has 0 aliphatic carbocycles. The Morgan fingerprint density at radius 2 is 1.14 bits per heavy atom. The van der Waals surface area contributed by atoms with Crippen LogP contribution >= 0.6 is 0 Å². The van der Waals surface area contributed by atoms with Crippen LogP contribution in [0.15, 0.2) is 0 Å². The molecule has 0 rings (SSSR count). The van der Waals surface area contributed by atoms with Crippen molar-refractivity contribution in [2.24, 2.45) is 0 Å². The van der Waals surface area contributed by atoms with E-state index < -0.39 is 6.16 Å². The van der Waals surface area contributed by atoms with E-state index in [2.05, 4.69) is 0 Å². The molecule has 0 aromatic heterocycles. The second-order valence-corrected chi connectivity index (χ2v) is 0.283. The quantitative estimate of drug-likeness (QED) is 0.417. The fourth-order valence-corrected chi connectivity index (χ4v) is 0. The van der Waals surface area contributed by atoms with Crippen LogP contribution in [0.5, 0.6) is 0 Å². The third kappa shape index (κ3) is 135. The number of halogens is 1. The molecule has 0 amide bonds. The van der Waals surface area contributed by atoms with Gasteiger partial charge in [0.15, 0.2) is 0 Å². The fourth-order valence-electron chi connectivity index (χ4n) is 0. The Morgan fingerprint density at radius 3 is 1.14 bits per heavy atom. The average molecular weight is 130 g/mol. The molecular weight excluding hydrogens is 125 g/mol. The second-order valence-electron chi connectivity index (χ2n) is 0.283. The topological polar surface area (TPSA) is 57.5 Å². The molecule has 0 aliphatic heterocycles.